The minimum Gasteiger partial charge on any atom is -0.390 e. The van der Waals surface area contributed by atoms with E-state index in [4.69, 9.17) is 0 Å². The van der Waals surface area contributed by atoms with Crippen molar-refractivity contribution in [3.8, 4) is 0 Å². The van der Waals surface area contributed by atoms with E-state index in [0.29, 0.717) is 13.1 Å². The van der Waals surface area contributed by atoms with Crippen molar-refractivity contribution < 1.29 is 9.50 Å². The first-order valence-electron chi connectivity index (χ1n) is 11.8. The molecule has 0 spiro atoms. The highest BCUT2D eigenvalue weighted by Gasteiger charge is 2.50. The first-order valence-corrected chi connectivity index (χ1v) is 11.8. The van der Waals surface area contributed by atoms with E-state index in [2.05, 4.69) is 9.88 Å². The lowest BCUT2D eigenvalue weighted by molar-refractivity contribution is -0.0253. The molecule has 156 valence electrons. The van der Waals surface area contributed by atoms with Gasteiger partial charge < -0.3 is 15.0 Å². The average Bonchev–Trinajstić information content (AvgIpc) is 2.99. The van der Waals surface area contributed by atoms with Gasteiger partial charge in [-0.3, -0.25) is 0 Å². The van der Waals surface area contributed by atoms with Crippen LogP contribution in [0.2, 0.25) is 0 Å². The zero-order chi connectivity index (χ0) is 19.6. The predicted molar refractivity (Wildman–Crippen MR) is 113 cm³/mol. The van der Waals surface area contributed by atoms with Crippen LogP contribution in [0.1, 0.15) is 62.6 Å². The van der Waals surface area contributed by atoms with E-state index in [1.54, 1.807) is 12.1 Å². The van der Waals surface area contributed by atoms with Gasteiger partial charge in [-0.1, -0.05) is 0 Å². The minimum absolute atomic E-state index is 0.160. The molecule has 3 nitrogen and oxygen atoms in total. The third-order valence-corrected chi connectivity index (χ3v) is 8.48. The molecule has 1 unspecified atom stereocenters. The third-order valence-electron chi connectivity index (χ3n) is 8.48. The number of halogens is 1. The van der Waals surface area contributed by atoms with Crippen molar-refractivity contribution >= 4 is 10.9 Å². The number of nitrogens with zero attached hydrogens (tertiary/aromatic N) is 1. The van der Waals surface area contributed by atoms with Crippen molar-refractivity contribution in [2.75, 3.05) is 6.54 Å². The number of benzene rings is 1. The Balaban J connectivity index is 1.21. The Kier molecular flexibility index (Phi) is 4.32. The van der Waals surface area contributed by atoms with Gasteiger partial charge in [0.15, 0.2) is 0 Å². The summed E-state index contributed by atoms with van der Waals surface area (Å²) in [6.07, 6.45) is 12.3. The van der Waals surface area contributed by atoms with E-state index in [1.165, 1.54) is 62.6 Å². The molecule has 0 aliphatic heterocycles. The van der Waals surface area contributed by atoms with E-state index in [0.717, 1.165) is 41.5 Å². The molecule has 2 aromatic rings. The fraction of sp³-hybridized carbons (Fsp3) is 0.680. The van der Waals surface area contributed by atoms with Crippen LogP contribution in [0.4, 0.5) is 4.39 Å². The van der Waals surface area contributed by atoms with Crippen LogP contribution >= 0.6 is 0 Å². The van der Waals surface area contributed by atoms with Gasteiger partial charge in [0.05, 0.1) is 12.6 Å². The van der Waals surface area contributed by atoms with Gasteiger partial charge in [0.2, 0.25) is 0 Å². The number of aliphatic hydroxyl groups is 1. The molecule has 2 N–H and O–H groups in total. The molecular weight excluding hydrogens is 363 g/mol. The van der Waals surface area contributed by atoms with E-state index < -0.39 is 6.10 Å². The molecular formula is C25H33FN2O. The molecule has 5 aliphatic rings. The second-order valence-corrected chi connectivity index (χ2v) is 10.6. The smallest absolute Gasteiger partial charge is 0.123 e. The van der Waals surface area contributed by atoms with Crippen LogP contribution in [0, 0.1) is 23.6 Å². The standard InChI is InChI=1S/C25H33FN2O/c26-19-5-6-24-22(10-19)21-3-1-2-4-23(21)28(24)15-20(29)14-27-25-11-16-7-17(12-25)9-18(8-16)13-25/h5-6,10,16-18,20,27,29H,1-4,7-9,11-15H2. The number of rotatable bonds is 5. The number of β-amino-alcohol motifs (C(OH)–C–C–N with tert-alkyl or cyclic N) is 1. The second kappa shape index (κ2) is 6.81. The Labute approximate surface area is 172 Å². The second-order valence-electron chi connectivity index (χ2n) is 10.6. The van der Waals surface area contributed by atoms with Crippen molar-refractivity contribution in [1.29, 1.82) is 0 Å². The molecule has 1 heterocycles. The van der Waals surface area contributed by atoms with Gasteiger partial charge >= 0.3 is 0 Å². The number of nitrogens with one attached hydrogen (secondary N) is 1. The fourth-order valence-corrected chi connectivity index (χ4v) is 7.75. The Hall–Kier alpha value is -1.39. The maximum Gasteiger partial charge on any atom is 0.123 e. The lowest BCUT2D eigenvalue weighted by Gasteiger charge is -2.57. The molecule has 0 amide bonds. The van der Waals surface area contributed by atoms with Crippen LogP contribution in [0.15, 0.2) is 18.2 Å². The van der Waals surface area contributed by atoms with Crippen LogP contribution < -0.4 is 5.32 Å². The minimum atomic E-state index is -0.408. The Morgan fingerprint density at radius 3 is 2.48 bits per heavy atom. The Morgan fingerprint density at radius 2 is 1.76 bits per heavy atom. The Morgan fingerprint density at radius 1 is 1.07 bits per heavy atom. The molecule has 4 bridgehead atoms. The van der Waals surface area contributed by atoms with Crippen LogP contribution in [0.25, 0.3) is 10.9 Å². The predicted octanol–water partition coefficient (Wildman–Crippen LogP) is 4.58. The zero-order valence-electron chi connectivity index (χ0n) is 17.3. The van der Waals surface area contributed by atoms with Gasteiger partial charge in [0, 0.05) is 28.7 Å². The molecule has 4 fully saturated rings. The van der Waals surface area contributed by atoms with Gasteiger partial charge in [-0.15, -0.1) is 0 Å². The van der Waals surface area contributed by atoms with Crippen molar-refractivity contribution in [1.82, 2.24) is 9.88 Å². The average molecular weight is 397 g/mol. The molecule has 7 rings (SSSR count). The van der Waals surface area contributed by atoms with Gasteiger partial charge in [-0.25, -0.2) is 4.39 Å². The van der Waals surface area contributed by atoms with Crippen LogP contribution in [0.5, 0.6) is 0 Å². The SMILES string of the molecule is OC(CNC12CC3CC(CC(C3)C1)C2)Cn1c2c(c3cc(F)ccc31)CCCC2. The maximum atomic E-state index is 13.9. The summed E-state index contributed by atoms with van der Waals surface area (Å²) < 4.78 is 16.2. The molecule has 0 saturated heterocycles. The summed E-state index contributed by atoms with van der Waals surface area (Å²) in [6.45, 7) is 1.28. The monoisotopic (exact) mass is 396 g/mol. The number of aryl methyl sites for hydroxylation is 1. The van der Waals surface area contributed by atoms with Crippen LogP contribution in [-0.4, -0.2) is 27.9 Å². The molecule has 1 atom stereocenters. The van der Waals surface area contributed by atoms with E-state index >= 15 is 0 Å². The van der Waals surface area contributed by atoms with Gasteiger partial charge in [0.1, 0.15) is 5.82 Å². The molecule has 1 aromatic heterocycles. The summed E-state index contributed by atoms with van der Waals surface area (Å²) in [5, 5.41) is 15.9. The number of aliphatic hydroxyl groups excluding tert-OH is 1. The van der Waals surface area contributed by atoms with Gasteiger partial charge in [-0.2, -0.15) is 0 Å². The molecule has 5 aliphatic carbocycles. The van der Waals surface area contributed by atoms with Crippen LogP contribution in [0.3, 0.4) is 0 Å². The molecule has 29 heavy (non-hydrogen) atoms. The van der Waals surface area contributed by atoms with Crippen molar-refractivity contribution in [2.24, 2.45) is 17.8 Å². The first kappa shape index (κ1) is 18.4. The molecule has 1 aromatic carbocycles. The zero-order valence-corrected chi connectivity index (χ0v) is 17.3. The summed E-state index contributed by atoms with van der Waals surface area (Å²) in [5.74, 6) is 2.59. The highest BCUT2D eigenvalue weighted by atomic mass is 19.1. The van der Waals surface area contributed by atoms with E-state index in [1.807, 2.05) is 6.07 Å². The normalized spacial score (nSPS) is 33.9. The summed E-state index contributed by atoms with van der Waals surface area (Å²) in [4.78, 5) is 0. The van der Waals surface area contributed by atoms with E-state index in [-0.39, 0.29) is 11.4 Å². The maximum absolute atomic E-state index is 13.9. The number of hydrogen-bond acceptors (Lipinski definition) is 2. The van der Waals surface area contributed by atoms with Crippen LogP contribution in [-0.2, 0) is 19.4 Å². The molecule has 0 radical (unpaired) electrons. The number of aromatic nitrogens is 1. The fourth-order valence-electron chi connectivity index (χ4n) is 7.75. The summed E-state index contributed by atoms with van der Waals surface area (Å²) in [7, 11) is 0. The quantitative estimate of drug-likeness (QED) is 0.776. The summed E-state index contributed by atoms with van der Waals surface area (Å²) in [5.41, 5.74) is 4.02. The highest BCUT2D eigenvalue weighted by molar-refractivity contribution is 5.86. The van der Waals surface area contributed by atoms with E-state index in [9.17, 15) is 9.50 Å². The molecule has 4 saturated carbocycles. The largest absolute Gasteiger partial charge is 0.390 e. The topological polar surface area (TPSA) is 37.2 Å². The summed E-state index contributed by atoms with van der Waals surface area (Å²) >= 11 is 0. The van der Waals surface area contributed by atoms with Crippen molar-refractivity contribution in [2.45, 2.75) is 82.4 Å². The van der Waals surface area contributed by atoms with Crippen molar-refractivity contribution in [3.05, 3.63) is 35.3 Å². The third kappa shape index (κ3) is 3.14. The van der Waals surface area contributed by atoms with Gasteiger partial charge in [0.25, 0.3) is 0 Å². The summed E-state index contributed by atoms with van der Waals surface area (Å²) in [6, 6.07) is 5.16. The lowest BCUT2D eigenvalue weighted by atomic mass is 9.53. The van der Waals surface area contributed by atoms with Crippen molar-refractivity contribution in [3.63, 3.8) is 0 Å². The number of fused-ring (bicyclic) bond motifs is 3. The molecule has 4 heteroatoms. The Bertz CT molecular complexity index is 897. The first-order chi connectivity index (χ1) is 14.1. The lowest BCUT2D eigenvalue weighted by Crippen LogP contribution is -2.59. The van der Waals surface area contributed by atoms with Gasteiger partial charge in [-0.05, 0) is 106 Å². The highest BCUT2D eigenvalue weighted by Crippen LogP contribution is 2.55. The number of hydrogen-bond donors (Lipinski definition) is 2.